The second kappa shape index (κ2) is 6.52. The lowest BCUT2D eigenvalue weighted by Gasteiger charge is -2.35. The third-order valence-corrected chi connectivity index (χ3v) is 6.22. The van der Waals surface area contributed by atoms with Gasteiger partial charge in [0.2, 0.25) is 0 Å². The molecule has 0 bridgehead atoms. The lowest BCUT2D eigenvalue weighted by molar-refractivity contribution is 0.233. The molecule has 1 saturated heterocycles. The molecule has 1 heterocycles. The van der Waals surface area contributed by atoms with Crippen LogP contribution in [0, 0.1) is 5.92 Å². The summed E-state index contributed by atoms with van der Waals surface area (Å²) in [7, 11) is -2.96. The summed E-state index contributed by atoms with van der Waals surface area (Å²) in [4.78, 5) is 2.12. The van der Waals surface area contributed by atoms with Crippen molar-refractivity contribution in [3.8, 4) is 0 Å². The van der Waals surface area contributed by atoms with Crippen LogP contribution in [0.25, 0.3) is 0 Å². The highest BCUT2D eigenvalue weighted by atomic mass is 32.2. The molecule has 0 aliphatic carbocycles. The monoisotopic (exact) mass is 283 g/mol. The molecule has 2 unspecified atom stereocenters. The highest BCUT2D eigenvalue weighted by Gasteiger charge is 2.31. The molecule has 1 rings (SSSR count). The van der Waals surface area contributed by atoms with Crippen molar-refractivity contribution in [1.82, 2.24) is 4.90 Å². The topological polar surface area (TPSA) is 37.4 Å². The second-order valence-electron chi connectivity index (χ2n) is 4.31. The average molecular weight is 283 g/mol. The third-order valence-electron chi connectivity index (χ3n) is 3.01. The van der Waals surface area contributed by atoms with Crippen LogP contribution in [0.4, 0.5) is 0 Å². The van der Waals surface area contributed by atoms with Crippen LogP contribution in [-0.2, 0) is 9.84 Å². The maximum atomic E-state index is 11.7. The Kier molecular flexibility index (Phi) is 5.98. The average Bonchev–Trinajstić information content (AvgIpc) is 2.25. The predicted octanol–water partition coefficient (Wildman–Crippen LogP) is 1.36. The number of nitrogens with zero attached hydrogens (tertiary/aromatic N) is 1. The van der Waals surface area contributed by atoms with E-state index in [0.717, 1.165) is 31.0 Å². The Morgan fingerprint density at radius 3 is 2.75 bits per heavy atom. The van der Waals surface area contributed by atoms with Crippen molar-refractivity contribution < 1.29 is 8.42 Å². The van der Waals surface area contributed by atoms with Crippen LogP contribution in [0.2, 0.25) is 0 Å². The molecule has 0 spiro atoms. The van der Waals surface area contributed by atoms with E-state index in [0.29, 0.717) is 11.7 Å². The number of sulfone groups is 1. The van der Waals surface area contributed by atoms with Crippen molar-refractivity contribution in [2.45, 2.75) is 18.7 Å². The fourth-order valence-electron chi connectivity index (χ4n) is 1.87. The predicted molar refractivity (Wildman–Crippen MR) is 75.2 cm³/mol. The van der Waals surface area contributed by atoms with E-state index in [-0.39, 0.29) is 5.37 Å². The molecule has 1 fully saturated rings. The maximum absolute atomic E-state index is 11.7. The summed E-state index contributed by atoms with van der Waals surface area (Å²) >= 11 is 6.05. The quantitative estimate of drug-likeness (QED) is 0.773. The first kappa shape index (κ1) is 14.7. The SMILES string of the molecule is CCC(CS)CN1CCSCC1S(C)(=O)=O. The van der Waals surface area contributed by atoms with Gasteiger partial charge in [0.15, 0.2) is 9.84 Å². The lowest BCUT2D eigenvalue weighted by atomic mass is 10.1. The smallest absolute Gasteiger partial charge is 0.164 e. The Morgan fingerprint density at radius 1 is 1.56 bits per heavy atom. The van der Waals surface area contributed by atoms with Gasteiger partial charge in [0, 0.05) is 30.9 Å². The van der Waals surface area contributed by atoms with Gasteiger partial charge in [-0.2, -0.15) is 24.4 Å². The molecule has 0 N–H and O–H groups in total. The van der Waals surface area contributed by atoms with Crippen molar-refractivity contribution in [3.63, 3.8) is 0 Å². The van der Waals surface area contributed by atoms with Crippen LogP contribution in [0.5, 0.6) is 0 Å². The number of thioether (sulfide) groups is 1. The van der Waals surface area contributed by atoms with Crippen molar-refractivity contribution in [3.05, 3.63) is 0 Å². The zero-order chi connectivity index (χ0) is 12.2. The maximum Gasteiger partial charge on any atom is 0.164 e. The van der Waals surface area contributed by atoms with Gasteiger partial charge in [-0.1, -0.05) is 13.3 Å². The van der Waals surface area contributed by atoms with Gasteiger partial charge in [0.1, 0.15) is 5.37 Å². The van der Waals surface area contributed by atoms with E-state index in [1.807, 2.05) is 0 Å². The summed E-state index contributed by atoms with van der Waals surface area (Å²) < 4.78 is 23.4. The Hall–Kier alpha value is 0.610. The van der Waals surface area contributed by atoms with Gasteiger partial charge in [-0.05, 0) is 11.7 Å². The standard InChI is InChI=1S/C10H21NO2S3/c1-3-9(7-14)6-11-4-5-15-8-10(11)16(2,12)13/h9-10,14H,3-8H2,1-2H3. The first-order valence-corrected chi connectivity index (χ1v) is 9.34. The molecule has 0 aromatic carbocycles. The molecule has 0 radical (unpaired) electrons. The number of thiol groups is 1. The van der Waals surface area contributed by atoms with Crippen LogP contribution in [0.15, 0.2) is 0 Å². The highest BCUT2D eigenvalue weighted by molar-refractivity contribution is 8.00. The minimum atomic E-state index is -2.96. The van der Waals surface area contributed by atoms with Crippen molar-refractivity contribution >= 4 is 34.2 Å². The van der Waals surface area contributed by atoms with E-state index in [9.17, 15) is 8.42 Å². The molecule has 0 saturated carbocycles. The van der Waals surface area contributed by atoms with Crippen molar-refractivity contribution in [2.75, 3.05) is 36.6 Å². The summed E-state index contributed by atoms with van der Waals surface area (Å²) in [5.74, 6) is 3.07. The molecule has 3 nitrogen and oxygen atoms in total. The van der Waals surface area contributed by atoms with Gasteiger partial charge in [-0.15, -0.1) is 0 Å². The zero-order valence-corrected chi connectivity index (χ0v) is 12.5. The first-order chi connectivity index (χ1) is 7.49. The van der Waals surface area contributed by atoms with E-state index in [4.69, 9.17) is 0 Å². The van der Waals surface area contributed by atoms with Crippen LogP contribution in [0.3, 0.4) is 0 Å². The molecular formula is C10H21NO2S3. The summed E-state index contributed by atoms with van der Waals surface area (Å²) in [5.41, 5.74) is 0. The van der Waals surface area contributed by atoms with Crippen molar-refractivity contribution in [2.24, 2.45) is 5.92 Å². The molecule has 2 atom stereocenters. The van der Waals surface area contributed by atoms with Crippen LogP contribution in [-0.4, -0.2) is 55.3 Å². The van der Waals surface area contributed by atoms with E-state index in [1.54, 1.807) is 11.8 Å². The summed E-state index contributed by atoms with van der Waals surface area (Å²) in [5, 5.41) is -0.291. The molecule has 0 aromatic heterocycles. The molecule has 0 aromatic rings. The summed E-state index contributed by atoms with van der Waals surface area (Å²) in [6, 6.07) is 0. The number of hydrogen-bond donors (Lipinski definition) is 1. The van der Waals surface area contributed by atoms with Gasteiger partial charge >= 0.3 is 0 Å². The fourth-order valence-corrected chi connectivity index (χ4v) is 5.19. The Bertz CT molecular complexity index is 301. The Labute approximate surface area is 109 Å². The lowest BCUT2D eigenvalue weighted by Crippen LogP contribution is -2.48. The van der Waals surface area contributed by atoms with Gasteiger partial charge < -0.3 is 0 Å². The highest BCUT2D eigenvalue weighted by Crippen LogP contribution is 2.22. The minimum absolute atomic E-state index is 0.291. The van der Waals surface area contributed by atoms with Gasteiger partial charge in [-0.3, -0.25) is 4.90 Å². The largest absolute Gasteiger partial charge is 0.285 e. The fraction of sp³-hybridized carbons (Fsp3) is 1.00. The minimum Gasteiger partial charge on any atom is -0.285 e. The molecule has 1 aliphatic rings. The molecular weight excluding hydrogens is 262 g/mol. The Morgan fingerprint density at radius 2 is 2.25 bits per heavy atom. The zero-order valence-electron chi connectivity index (χ0n) is 9.92. The second-order valence-corrected chi connectivity index (χ2v) is 8.03. The van der Waals surface area contributed by atoms with Crippen LogP contribution >= 0.6 is 24.4 Å². The number of rotatable bonds is 5. The van der Waals surface area contributed by atoms with E-state index < -0.39 is 9.84 Å². The van der Waals surface area contributed by atoms with Gasteiger partial charge in [0.05, 0.1) is 0 Å². The first-order valence-electron chi connectivity index (χ1n) is 5.60. The van der Waals surface area contributed by atoms with Crippen molar-refractivity contribution in [1.29, 1.82) is 0 Å². The molecule has 6 heteroatoms. The van der Waals surface area contributed by atoms with Gasteiger partial charge in [0.25, 0.3) is 0 Å². The van der Waals surface area contributed by atoms with E-state index in [2.05, 4.69) is 24.5 Å². The molecule has 0 amide bonds. The normalized spacial score (nSPS) is 25.6. The number of hydrogen-bond acceptors (Lipinski definition) is 5. The van der Waals surface area contributed by atoms with E-state index >= 15 is 0 Å². The summed E-state index contributed by atoms with van der Waals surface area (Å²) in [6.45, 7) is 3.88. The van der Waals surface area contributed by atoms with Crippen LogP contribution < -0.4 is 0 Å². The van der Waals surface area contributed by atoms with Gasteiger partial charge in [-0.25, -0.2) is 8.42 Å². The molecule has 16 heavy (non-hydrogen) atoms. The molecule has 96 valence electrons. The Balaban J connectivity index is 2.67. The summed E-state index contributed by atoms with van der Waals surface area (Å²) in [6.07, 6.45) is 2.40. The third kappa shape index (κ3) is 4.13. The molecule has 1 aliphatic heterocycles. The van der Waals surface area contributed by atoms with Crippen LogP contribution in [0.1, 0.15) is 13.3 Å². The van der Waals surface area contributed by atoms with E-state index in [1.165, 1.54) is 6.26 Å².